The highest BCUT2D eigenvalue weighted by Crippen LogP contribution is 2.17. The van der Waals surface area contributed by atoms with Crippen LogP contribution < -0.4 is 4.74 Å². The number of pyridine rings is 1. The first kappa shape index (κ1) is 11.0. The topological polar surface area (TPSA) is 42.4 Å². The molecule has 78 valence electrons. The smallest absolute Gasteiger partial charge is 0.127 e. The van der Waals surface area contributed by atoms with Crippen molar-refractivity contribution in [3.05, 3.63) is 24.0 Å². The summed E-state index contributed by atoms with van der Waals surface area (Å²) < 4.78 is 5.58. The number of aromatic nitrogens is 1. The van der Waals surface area contributed by atoms with E-state index in [9.17, 15) is 0 Å². The van der Waals surface area contributed by atoms with E-state index in [1.807, 2.05) is 0 Å². The first-order valence-electron chi connectivity index (χ1n) is 4.94. The predicted molar refractivity (Wildman–Crippen MR) is 55.1 cm³/mol. The molecule has 0 saturated carbocycles. The van der Waals surface area contributed by atoms with E-state index in [0.717, 1.165) is 17.7 Å². The zero-order valence-electron chi connectivity index (χ0n) is 8.73. The summed E-state index contributed by atoms with van der Waals surface area (Å²) in [5.74, 6) is 1.28. The Kier molecular flexibility index (Phi) is 4.40. The van der Waals surface area contributed by atoms with E-state index in [1.54, 1.807) is 18.5 Å². The van der Waals surface area contributed by atoms with Gasteiger partial charge in [-0.2, -0.15) is 0 Å². The van der Waals surface area contributed by atoms with E-state index in [-0.39, 0.29) is 6.61 Å². The van der Waals surface area contributed by atoms with Crippen molar-refractivity contribution in [2.75, 3.05) is 6.61 Å². The van der Waals surface area contributed by atoms with Crippen LogP contribution in [0.3, 0.4) is 0 Å². The minimum absolute atomic E-state index is 0.0241. The van der Waals surface area contributed by atoms with Gasteiger partial charge in [0.2, 0.25) is 0 Å². The molecule has 0 aliphatic heterocycles. The normalized spacial score (nSPS) is 12.5. The number of aliphatic hydroxyl groups is 1. The Labute approximate surface area is 84.7 Å². The van der Waals surface area contributed by atoms with Crippen molar-refractivity contribution in [2.24, 2.45) is 5.92 Å². The third kappa shape index (κ3) is 3.00. The Morgan fingerprint density at radius 2 is 2.36 bits per heavy atom. The number of aliphatic hydroxyl groups excluding tert-OH is 1. The maximum Gasteiger partial charge on any atom is 0.127 e. The average Bonchev–Trinajstić information content (AvgIpc) is 2.26. The zero-order valence-corrected chi connectivity index (χ0v) is 8.73. The number of hydrogen-bond donors (Lipinski definition) is 1. The van der Waals surface area contributed by atoms with Gasteiger partial charge in [0.25, 0.3) is 0 Å². The molecule has 0 radical (unpaired) electrons. The summed E-state index contributed by atoms with van der Waals surface area (Å²) in [7, 11) is 0. The van der Waals surface area contributed by atoms with Gasteiger partial charge in [-0.05, 0) is 12.0 Å². The second-order valence-electron chi connectivity index (χ2n) is 3.47. The minimum atomic E-state index is -0.0241. The molecule has 1 N–H and O–H groups in total. The van der Waals surface area contributed by atoms with E-state index in [0.29, 0.717) is 12.5 Å². The summed E-state index contributed by atoms with van der Waals surface area (Å²) in [5.41, 5.74) is 0.746. The number of ether oxygens (including phenoxy) is 1. The molecule has 3 heteroatoms. The molecule has 1 rings (SSSR count). The van der Waals surface area contributed by atoms with Gasteiger partial charge in [0.05, 0.1) is 13.2 Å². The van der Waals surface area contributed by atoms with Crippen LogP contribution in [0.1, 0.15) is 25.8 Å². The molecule has 0 fully saturated rings. The standard InChI is InChI=1S/C11H17NO2/c1-3-9(2)8-14-11-4-5-12-6-10(11)7-13/h4-6,9,13H,3,7-8H2,1-2H3. The SMILES string of the molecule is CCC(C)COc1ccncc1CO. The molecule has 1 aromatic heterocycles. The molecule has 0 aliphatic carbocycles. The van der Waals surface area contributed by atoms with Crippen LogP contribution in [0.4, 0.5) is 0 Å². The van der Waals surface area contributed by atoms with Gasteiger partial charge in [-0.25, -0.2) is 0 Å². The van der Waals surface area contributed by atoms with Crippen LogP contribution in [-0.2, 0) is 6.61 Å². The first-order chi connectivity index (χ1) is 6.77. The molecule has 1 heterocycles. The van der Waals surface area contributed by atoms with Crippen molar-refractivity contribution in [1.29, 1.82) is 0 Å². The van der Waals surface area contributed by atoms with Gasteiger partial charge in [-0.1, -0.05) is 20.3 Å². The summed E-state index contributed by atoms with van der Waals surface area (Å²) in [5, 5.41) is 9.02. The molecule has 1 aromatic rings. The van der Waals surface area contributed by atoms with E-state index in [1.165, 1.54) is 0 Å². The Bertz CT molecular complexity index is 276. The third-order valence-electron chi connectivity index (χ3n) is 2.25. The molecule has 0 saturated heterocycles. The van der Waals surface area contributed by atoms with Gasteiger partial charge in [-0.3, -0.25) is 4.98 Å². The van der Waals surface area contributed by atoms with E-state index < -0.39 is 0 Å². The third-order valence-corrected chi connectivity index (χ3v) is 2.25. The molecule has 0 aromatic carbocycles. The van der Waals surface area contributed by atoms with Gasteiger partial charge in [0.15, 0.2) is 0 Å². The molecular weight excluding hydrogens is 178 g/mol. The molecule has 0 amide bonds. The lowest BCUT2D eigenvalue weighted by molar-refractivity contribution is 0.237. The van der Waals surface area contributed by atoms with Crippen molar-refractivity contribution in [1.82, 2.24) is 4.98 Å². The van der Waals surface area contributed by atoms with Gasteiger partial charge in [0, 0.05) is 18.0 Å². The maximum atomic E-state index is 9.02. The van der Waals surface area contributed by atoms with Crippen molar-refractivity contribution in [2.45, 2.75) is 26.9 Å². The van der Waals surface area contributed by atoms with Crippen LogP contribution >= 0.6 is 0 Å². The quantitative estimate of drug-likeness (QED) is 0.781. The molecule has 0 bridgehead atoms. The molecule has 14 heavy (non-hydrogen) atoms. The lowest BCUT2D eigenvalue weighted by atomic mass is 10.1. The Hall–Kier alpha value is -1.09. The van der Waals surface area contributed by atoms with E-state index in [4.69, 9.17) is 9.84 Å². The molecule has 0 spiro atoms. The average molecular weight is 195 g/mol. The van der Waals surface area contributed by atoms with Crippen LogP contribution in [0, 0.1) is 5.92 Å². The van der Waals surface area contributed by atoms with Gasteiger partial charge >= 0.3 is 0 Å². The van der Waals surface area contributed by atoms with Crippen LogP contribution in [-0.4, -0.2) is 16.7 Å². The predicted octanol–water partition coefficient (Wildman–Crippen LogP) is 2.00. The lowest BCUT2D eigenvalue weighted by Crippen LogP contribution is -2.08. The summed E-state index contributed by atoms with van der Waals surface area (Å²) in [6, 6.07) is 1.79. The summed E-state index contributed by atoms with van der Waals surface area (Å²) >= 11 is 0. The molecule has 1 atom stereocenters. The van der Waals surface area contributed by atoms with Crippen molar-refractivity contribution >= 4 is 0 Å². The monoisotopic (exact) mass is 195 g/mol. The summed E-state index contributed by atoms with van der Waals surface area (Å²) in [6.45, 7) is 4.94. The fourth-order valence-electron chi connectivity index (χ4n) is 1.02. The van der Waals surface area contributed by atoms with Crippen LogP contribution in [0.5, 0.6) is 5.75 Å². The van der Waals surface area contributed by atoms with Crippen molar-refractivity contribution in [3.63, 3.8) is 0 Å². The van der Waals surface area contributed by atoms with Crippen molar-refractivity contribution < 1.29 is 9.84 Å². The molecule has 0 aliphatic rings. The number of nitrogens with zero attached hydrogens (tertiary/aromatic N) is 1. The molecule has 1 unspecified atom stereocenters. The lowest BCUT2D eigenvalue weighted by Gasteiger charge is -2.12. The van der Waals surface area contributed by atoms with Crippen LogP contribution in [0.15, 0.2) is 18.5 Å². The molecular formula is C11H17NO2. The molecule has 3 nitrogen and oxygen atoms in total. The van der Waals surface area contributed by atoms with Crippen LogP contribution in [0.25, 0.3) is 0 Å². The second kappa shape index (κ2) is 5.60. The van der Waals surface area contributed by atoms with Crippen molar-refractivity contribution in [3.8, 4) is 5.75 Å². The largest absolute Gasteiger partial charge is 0.493 e. The van der Waals surface area contributed by atoms with Gasteiger partial charge < -0.3 is 9.84 Å². The summed E-state index contributed by atoms with van der Waals surface area (Å²) in [6.07, 6.45) is 4.40. The van der Waals surface area contributed by atoms with Gasteiger partial charge in [0.1, 0.15) is 5.75 Å². The van der Waals surface area contributed by atoms with Gasteiger partial charge in [-0.15, -0.1) is 0 Å². The number of hydrogen-bond acceptors (Lipinski definition) is 3. The number of rotatable bonds is 5. The van der Waals surface area contributed by atoms with E-state index >= 15 is 0 Å². The fraction of sp³-hybridized carbons (Fsp3) is 0.545. The zero-order chi connectivity index (χ0) is 10.4. The minimum Gasteiger partial charge on any atom is -0.493 e. The highest BCUT2D eigenvalue weighted by Gasteiger charge is 2.04. The van der Waals surface area contributed by atoms with E-state index in [2.05, 4.69) is 18.8 Å². The summed E-state index contributed by atoms with van der Waals surface area (Å²) in [4.78, 5) is 3.92. The Morgan fingerprint density at radius 1 is 1.57 bits per heavy atom. The first-order valence-corrected chi connectivity index (χ1v) is 4.94. The Balaban J connectivity index is 2.57. The second-order valence-corrected chi connectivity index (χ2v) is 3.47. The van der Waals surface area contributed by atoms with Crippen LogP contribution in [0.2, 0.25) is 0 Å². The highest BCUT2D eigenvalue weighted by atomic mass is 16.5. The highest BCUT2D eigenvalue weighted by molar-refractivity contribution is 5.29. The fourth-order valence-corrected chi connectivity index (χ4v) is 1.02. The maximum absolute atomic E-state index is 9.02. The Morgan fingerprint density at radius 3 is 3.00 bits per heavy atom.